The number of halogens is 1. The molecule has 0 saturated carbocycles. The highest BCUT2D eigenvalue weighted by Gasteiger charge is 2.13. The van der Waals surface area contributed by atoms with Crippen molar-refractivity contribution in [1.82, 2.24) is 9.55 Å². The lowest BCUT2D eigenvalue weighted by Crippen LogP contribution is -2.22. The van der Waals surface area contributed by atoms with Gasteiger partial charge in [0.05, 0.1) is 11.8 Å². The van der Waals surface area contributed by atoms with E-state index in [0.717, 1.165) is 11.1 Å². The molecule has 3 rings (SSSR count). The van der Waals surface area contributed by atoms with E-state index in [1.165, 1.54) is 23.5 Å². The van der Waals surface area contributed by atoms with Gasteiger partial charge in [-0.05, 0) is 23.6 Å². The first-order valence-corrected chi connectivity index (χ1v) is 7.67. The number of thiophene rings is 1. The van der Waals surface area contributed by atoms with Crippen LogP contribution in [0.4, 0.5) is 4.39 Å². The first kappa shape index (κ1) is 13.9. The van der Waals surface area contributed by atoms with Crippen LogP contribution in [0.3, 0.4) is 0 Å². The van der Waals surface area contributed by atoms with E-state index in [4.69, 9.17) is 0 Å². The fourth-order valence-electron chi connectivity index (χ4n) is 2.33. The van der Waals surface area contributed by atoms with Crippen LogP contribution in [0.1, 0.15) is 13.8 Å². The standard InChI is InChI=1S/C16H15FN2OS/c1-10(2)7-19-9-18-14-13(8-21-15(14)16(19)20)11-4-3-5-12(17)6-11/h3-6,8-10H,7H2,1-2H3. The van der Waals surface area contributed by atoms with Crippen molar-refractivity contribution in [3.63, 3.8) is 0 Å². The van der Waals surface area contributed by atoms with Gasteiger partial charge in [0.15, 0.2) is 0 Å². The molecular formula is C16H15FN2OS. The number of rotatable bonds is 3. The molecule has 0 fully saturated rings. The molecule has 0 N–H and O–H groups in total. The highest BCUT2D eigenvalue weighted by Crippen LogP contribution is 2.30. The van der Waals surface area contributed by atoms with E-state index in [2.05, 4.69) is 18.8 Å². The zero-order valence-electron chi connectivity index (χ0n) is 11.8. The topological polar surface area (TPSA) is 34.9 Å². The molecule has 2 heterocycles. The summed E-state index contributed by atoms with van der Waals surface area (Å²) in [5, 5.41) is 1.87. The fourth-order valence-corrected chi connectivity index (χ4v) is 3.30. The van der Waals surface area contributed by atoms with Crippen molar-refractivity contribution < 1.29 is 4.39 Å². The van der Waals surface area contributed by atoms with Gasteiger partial charge in [0.2, 0.25) is 0 Å². The molecule has 0 aliphatic carbocycles. The number of hydrogen-bond donors (Lipinski definition) is 0. The Balaban J connectivity index is 2.16. The first-order valence-electron chi connectivity index (χ1n) is 6.79. The molecule has 0 bridgehead atoms. The Kier molecular flexibility index (Phi) is 3.59. The lowest BCUT2D eigenvalue weighted by atomic mass is 10.1. The smallest absolute Gasteiger partial charge is 0.271 e. The molecule has 21 heavy (non-hydrogen) atoms. The molecule has 3 aromatic rings. The summed E-state index contributed by atoms with van der Waals surface area (Å²) in [5.74, 6) is 0.0876. The van der Waals surface area contributed by atoms with Gasteiger partial charge < -0.3 is 0 Å². The van der Waals surface area contributed by atoms with Crippen LogP contribution in [-0.2, 0) is 6.54 Å². The monoisotopic (exact) mass is 302 g/mol. The van der Waals surface area contributed by atoms with E-state index in [1.54, 1.807) is 17.0 Å². The Morgan fingerprint density at radius 1 is 1.38 bits per heavy atom. The van der Waals surface area contributed by atoms with E-state index < -0.39 is 0 Å². The SMILES string of the molecule is CC(C)Cn1cnc2c(-c3cccc(F)c3)csc2c1=O. The average molecular weight is 302 g/mol. The molecule has 108 valence electrons. The Hall–Kier alpha value is -2.01. The van der Waals surface area contributed by atoms with Crippen molar-refractivity contribution in [3.8, 4) is 11.1 Å². The molecule has 0 spiro atoms. The van der Waals surface area contributed by atoms with Crippen molar-refractivity contribution in [2.75, 3.05) is 0 Å². The zero-order chi connectivity index (χ0) is 15.0. The second kappa shape index (κ2) is 5.41. The third kappa shape index (κ3) is 2.61. The number of hydrogen-bond acceptors (Lipinski definition) is 3. The lowest BCUT2D eigenvalue weighted by molar-refractivity contribution is 0.509. The van der Waals surface area contributed by atoms with Gasteiger partial charge in [-0.2, -0.15) is 0 Å². The van der Waals surface area contributed by atoms with Crippen molar-refractivity contribution in [3.05, 3.63) is 52.1 Å². The number of aromatic nitrogens is 2. The summed E-state index contributed by atoms with van der Waals surface area (Å²) in [6.45, 7) is 4.77. The highest BCUT2D eigenvalue weighted by atomic mass is 32.1. The van der Waals surface area contributed by atoms with Gasteiger partial charge in [-0.25, -0.2) is 9.37 Å². The van der Waals surface area contributed by atoms with Crippen LogP contribution in [0.5, 0.6) is 0 Å². The first-order chi connectivity index (χ1) is 10.1. The van der Waals surface area contributed by atoms with Gasteiger partial charge in [-0.3, -0.25) is 9.36 Å². The maximum Gasteiger partial charge on any atom is 0.271 e. The lowest BCUT2D eigenvalue weighted by Gasteiger charge is -2.07. The van der Waals surface area contributed by atoms with E-state index in [1.807, 2.05) is 11.4 Å². The highest BCUT2D eigenvalue weighted by molar-refractivity contribution is 7.17. The summed E-state index contributed by atoms with van der Waals surface area (Å²) in [6, 6.07) is 6.35. The number of benzene rings is 1. The van der Waals surface area contributed by atoms with Crippen LogP contribution in [-0.4, -0.2) is 9.55 Å². The summed E-state index contributed by atoms with van der Waals surface area (Å²) < 4.78 is 15.6. The minimum Gasteiger partial charge on any atom is -0.298 e. The summed E-state index contributed by atoms with van der Waals surface area (Å²) in [4.78, 5) is 16.8. The van der Waals surface area contributed by atoms with E-state index in [0.29, 0.717) is 22.7 Å². The normalized spacial score (nSPS) is 11.4. The molecule has 0 unspecified atom stereocenters. The Bertz CT molecular complexity index is 851. The van der Waals surface area contributed by atoms with E-state index >= 15 is 0 Å². The predicted octanol–water partition coefficient (Wildman–Crippen LogP) is 3.92. The van der Waals surface area contributed by atoms with Gasteiger partial charge in [0.25, 0.3) is 5.56 Å². The molecule has 0 amide bonds. The largest absolute Gasteiger partial charge is 0.298 e. The van der Waals surface area contributed by atoms with Crippen LogP contribution in [0.2, 0.25) is 0 Å². The minimum absolute atomic E-state index is 0.0265. The Labute approximate surface area is 125 Å². The predicted molar refractivity (Wildman–Crippen MR) is 84.1 cm³/mol. The molecule has 5 heteroatoms. The van der Waals surface area contributed by atoms with Crippen LogP contribution in [0.15, 0.2) is 40.8 Å². The maximum atomic E-state index is 13.4. The van der Waals surface area contributed by atoms with Gasteiger partial charge >= 0.3 is 0 Å². The van der Waals surface area contributed by atoms with Crippen LogP contribution in [0, 0.1) is 11.7 Å². The molecule has 0 aliphatic rings. The summed E-state index contributed by atoms with van der Waals surface area (Å²) >= 11 is 1.36. The van der Waals surface area contributed by atoms with Gasteiger partial charge in [-0.15, -0.1) is 11.3 Å². The number of nitrogens with zero attached hydrogens (tertiary/aromatic N) is 2. The summed E-state index contributed by atoms with van der Waals surface area (Å²) in [7, 11) is 0. The molecule has 1 aromatic carbocycles. The zero-order valence-corrected chi connectivity index (χ0v) is 12.7. The van der Waals surface area contributed by atoms with Gasteiger partial charge in [0.1, 0.15) is 10.5 Å². The summed E-state index contributed by atoms with van der Waals surface area (Å²) in [5.41, 5.74) is 2.18. The second-order valence-electron chi connectivity index (χ2n) is 5.43. The van der Waals surface area contributed by atoms with Gasteiger partial charge in [-0.1, -0.05) is 26.0 Å². The van der Waals surface area contributed by atoms with Crippen molar-refractivity contribution in [2.24, 2.45) is 5.92 Å². The molecule has 2 aromatic heterocycles. The van der Waals surface area contributed by atoms with Crippen LogP contribution in [0.25, 0.3) is 21.3 Å². The average Bonchev–Trinajstić information content (AvgIpc) is 2.86. The minimum atomic E-state index is -0.292. The Morgan fingerprint density at radius 3 is 2.90 bits per heavy atom. The third-order valence-corrected chi connectivity index (χ3v) is 4.20. The molecule has 3 nitrogen and oxygen atoms in total. The van der Waals surface area contributed by atoms with E-state index in [9.17, 15) is 9.18 Å². The van der Waals surface area contributed by atoms with Crippen molar-refractivity contribution >= 4 is 21.6 Å². The van der Waals surface area contributed by atoms with Crippen molar-refractivity contribution in [2.45, 2.75) is 20.4 Å². The number of fused-ring (bicyclic) bond motifs is 1. The third-order valence-electron chi connectivity index (χ3n) is 3.24. The fraction of sp³-hybridized carbons (Fsp3) is 0.250. The molecule has 0 aliphatic heterocycles. The Morgan fingerprint density at radius 2 is 2.19 bits per heavy atom. The molecule has 0 saturated heterocycles. The molecule has 0 radical (unpaired) electrons. The van der Waals surface area contributed by atoms with Crippen molar-refractivity contribution in [1.29, 1.82) is 0 Å². The van der Waals surface area contributed by atoms with Crippen LogP contribution >= 0.6 is 11.3 Å². The van der Waals surface area contributed by atoms with Crippen LogP contribution < -0.4 is 5.56 Å². The maximum absolute atomic E-state index is 13.4. The summed E-state index contributed by atoms with van der Waals surface area (Å²) in [6.07, 6.45) is 1.58. The quantitative estimate of drug-likeness (QED) is 0.735. The molecule has 0 atom stereocenters. The van der Waals surface area contributed by atoms with Gasteiger partial charge in [0, 0.05) is 17.5 Å². The molecular weight excluding hydrogens is 287 g/mol. The van der Waals surface area contributed by atoms with E-state index in [-0.39, 0.29) is 11.4 Å². The second-order valence-corrected chi connectivity index (χ2v) is 6.31.